The zero-order valence-electron chi connectivity index (χ0n) is 18.5. The normalized spacial score (nSPS) is 14.6. The van der Waals surface area contributed by atoms with Crippen LogP contribution in [0, 0.1) is 20.8 Å². The van der Waals surface area contributed by atoms with Crippen LogP contribution in [0.4, 0.5) is 0 Å². The molecule has 1 saturated heterocycles. The first-order chi connectivity index (χ1) is 14.4. The standard InChI is InChI=1S/C26H29NO3/c1-16-8-9-20(17(2)12-16)23-15-30-26-19(4)25(29-5)21(14-22(23)26)18(3)13-24(28)27-10-6-7-11-27/h8-9,12-15H,6-7,10-11H2,1-5H3/b18-13+. The Balaban J connectivity index is 1.86. The van der Waals surface area contributed by atoms with E-state index < -0.39 is 0 Å². The summed E-state index contributed by atoms with van der Waals surface area (Å²) >= 11 is 0. The number of likely N-dealkylation sites (tertiary alicyclic amines) is 1. The Kier molecular flexibility index (Phi) is 5.42. The summed E-state index contributed by atoms with van der Waals surface area (Å²) < 4.78 is 11.7. The molecule has 0 unspecified atom stereocenters. The van der Waals surface area contributed by atoms with Crippen LogP contribution in [0.15, 0.2) is 41.0 Å². The molecule has 3 aromatic rings. The molecule has 156 valence electrons. The van der Waals surface area contributed by atoms with Crippen molar-refractivity contribution < 1.29 is 13.9 Å². The summed E-state index contributed by atoms with van der Waals surface area (Å²) in [6, 6.07) is 8.56. The SMILES string of the molecule is COc1c(/C(C)=C/C(=O)N2CCCC2)cc2c(-c3ccc(C)cc3C)coc2c1C. The minimum Gasteiger partial charge on any atom is -0.496 e. The molecule has 1 aliphatic rings. The highest BCUT2D eigenvalue weighted by atomic mass is 16.5. The molecule has 0 saturated carbocycles. The van der Waals surface area contributed by atoms with Gasteiger partial charge < -0.3 is 14.1 Å². The monoisotopic (exact) mass is 403 g/mol. The second-order valence-corrected chi connectivity index (χ2v) is 8.29. The fourth-order valence-corrected chi connectivity index (χ4v) is 4.49. The fraction of sp³-hybridized carbons (Fsp3) is 0.346. The summed E-state index contributed by atoms with van der Waals surface area (Å²) in [6.45, 7) is 9.90. The number of nitrogens with zero attached hydrogens (tertiary/aromatic N) is 1. The minimum absolute atomic E-state index is 0.0756. The molecule has 1 aromatic heterocycles. The molecule has 2 heterocycles. The Hall–Kier alpha value is -3.01. The van der Waals surface area contributed by atoms with Crippen molar-refractivity contribution in [1.82, 2.24) is 4.90 Å². The van der Waals surface area contributed by atoms with Gasteiger partial charge in [0.25, 0.3) is 0 Å². The fourth-order valence-electron chi connectivity index (χ4n) is 4.49. The smallest absolute Gasteiger partial charge is 0.246 e. The summed E-state index contributed by atoms with van der Waals surface area (Å²) in [5.74, 6) is 0.832. The Morgan fingerprint density at radius 3 is 2.50 bits per heavy atom. The lowest BCUT2D eigenvalue weighted by Gasteiger charge is -2.16. The molecule has 0 radical (unpaired) electrons. The second kappa shape index (κ2) is 8.02. The van der Waals surface area contributed by atoms with Crippen molar-refractivity contribution >= 4 is 22.4 Å². The topological polar surface area (TPSA) is 42.7 Å². The van der Waals surface area contributed by atoms with E-state index >= 15 is 0 Å². The number of benzene rings is 2. The van der Waals surface area contributed by atoms with E-state index in [1.165, 1.54) is 11.1 Å². The number of fused-ring (bicyclic) bond motifs is 1. The maximum Gasteiger partial charge on any atom is 0.246 e. The van der Waals surface area contributed by atoms with Crippen LogP contribution in [-0.4, -0.2) is 31.0 Å². The van der Waals surface area contributed by atoms with Gasteiger partial charge in [-0.2, -0.15) is 0 Å². The summed E-state index contributed by atoms with van der Waals surface area (Å²) in [4.78, 5) is 14.6. The quantitative estimate of drug-likeness (QED) is 0.497. The first kappa shape index (κ1) is 20.3. The lowest BCUT2D eigenvalue weighted by Crippen LogP contribution is -2.25. The number of methoxy groups -OCH3 is 1. The highest BCUT2D eigenvalue weighted by molar-refractivity contribution is 6.02. The van der Waals surface area contributed by atoms with Gasteiger partial charge in [0.2, 0.25) is 5.91 Å². The first-order valence-corrected chi connectivity index (χ1v) is 10.5. The van der Waals surface area contributed by atoms with Gasteiger partial charge >= 0.3 is 0 Å². The average molecular weight is 404 g/mol. The third-order valence-electron chi connectivity index (χ3n) is 6.10. The van der Waals surface area contributed by atoms with Gasteiger partial charge in [0.1, 0.15) is 11.3 Å². The van der Waals surface area contributed by atoms with Crippen LogP contribution in [0.1, 0.15) is 42.0 Å². The maximum absolute atomic E-state index is 12.7. The van der Waals surface area contributed by atoms with E-state index in [2.05, 4.69) is 38.1 Å². The van der Waals surface area contributed by atoms with Gasteiger partial charge in [0, 0.05) is 41.2 Å². The van der Waals surface area contributed by atoms with E-state index in [4.69, 9.17) is 9.15 Å². The van der Waals surface area contributed by atoms with Gasteiger partial charge in [-0.25, -0.2) is 0 Å². The molecule has 4 nitrogen and oxygen atoms in total. The van der Waals surface area contributed by atoms with Gasteiger partial charge in [-0.05, 0) is 63.3 Å². The Bertz CT molecular complexity index is 1150. The molecule has 2 aromatic carbocycles. The molecule has 0 spiro atoms. The van der Waals surface area contributed by atoms with E-state index in [0.717, 1.165) is 70.5 Å². The van der Waals surface area contributed by atoms with Gasteiger partial charge in [-0.1, -0.05) is 23.8 Å². The number of hydrogen-bond donors (Lipinski definition) is 0. The van der Waals surface area contributed by atoms with E-state index in [0.29, 0.717) is 0 Å². The number of carbonyl (C=O) groups excluding carboxylic acids is 1. The molecule has 0 N–H and O–H groups in total. The predicted molar refractivity (Wildman–Crippen MR) is 122 cm³/mol. The second-order valence-electron chi connectivity index (χ2n) is 8.29. The van der Waals surface area contributed by atoms with Crippen molar-refractivity contribution in [3.05, 3.63) is 58.9 Å². The molecule has 0 atom stereocenters. The molecular formula is C26H29NO3. The van der Waals surface area contributed by atoms with Crippen LogP contribution in [-0.2, 0) is 4.79 Å². The molecule has 0 bridgehead atoms. The minimum atomic E-state index is 0.0756. The number of allylic oxidation sites excluding steroid dienone is 1. The van der Waals surface area contributed by atoms with Crippen LogP contribution < -0.4 is 4.74 Å². The number of aryl methyl sites for hydroxylation is 3. The van der Waals surface area contributed by atoms with Crippen LogP contribution in [0.3, 0.4) is 0 Å². The van der Waals surface area contributed by atoms with Crippen LogP contribution in [0.25, 0.3) is 27.7 Å². The predicted octanol–water partition coefficient (Wildman–Crippen LogP) is 6.06. The summed E-state index contributed by atoms with van der Waals surface area (Å²) in [6.07, 6.45) is 5.74. The number of ether oxygens (including phenoxy) is 1. The van der Waals surface area contributed by atoms with Crippen LogP contribution >= 0.6 is 0 Å². The van der Waals surface area contributed by atoms with Crippen molar-refractivity contribution in [2.75, 3.05) is 20.2 Å². The number of hydrogen-bond acceptors (Lipinski definition) is 3. The zero-order chi connectivity index (χ0) is 21.4. The van der Waals surface area contributed by atoms with Gasteiger partial charge in [0.05, 0.1) is 13.4 Å². The lowest BCUT2D eigenvalue weighted by atomic mass is 9.94. The van der Waals surface area contributed by atoms with Gasteiger partial charge in [-0.3, -0.25) is 4.79 Å². The van der Waals surface area contributed by atoms with Crippen molar-refractivity contribution in [1.29, 1.82) is 0 Å². The molecule has 4 heteroatoms. The van der Waals surface area contributed by atoms with E-state index in [1.54, 1.807) is 13.2 Å². The van der Waals surface area contributed by atoms with Crippen molar-refractivity contribution in [3.8, 4) is 16.9 Å². The summed E-state index contributed by atoms with van der Waals surface area (Å²) in [7, 11) is 1.67. The van der Waals surface area contributed by atoms with E-state index in [-0.39, 0.29) is 5.91 Å². The van der Waals surface area contributed by atoms with E-state index in [9.17, 15) is 4.79 Å². The Labute approximate surface area is 178 Å². The molecule has 4 rings (SSSR count). The Morgan fingerprint density at radius 2 is 1.83 bits per heavy atom. The van der Waals surface area contributed by atoms with Gasteiger partial charge in [-0.15, -0.1) is 0 Å². The lowest BCUT2D eigenvalue weighted by molar-refractivity contribution is -0.124. The summed E-state index contributed by atoms with van der Waals surface area (Å²) in [5, 5.41) is 1.04. The largest absolute Gasteiger partial charge is 0.496 e. The van der Waals surface area contributed by atoms with Crippen LogP contribution in [0.2, 0.25) is 0 Å². The Morgan fingerprint density at radius 1 is 1.10 bits per heavy atom. The number of rotatable bonds is 4. The highest BCUT2D eigenvalue weighted by Crippen LogP contribution is 2.41. The summed E-state index contributed by atoms with van der Waals surface area (Å²) in [5.41, 5.74) is 8.28. The molecule has 1 amide bonds. The molecule has 1 fully saturated rings. The van der Waals surface area contributed by atoms with Crippen molar-refractivity contribution in [2.45, 2.75) is 40.5 Å². The zero-order valence-corrected chi connectivity index (χ0v) is 18.5. The third kappa shape index (κ3) is 3.51. The molecule has 1 aliphatic heterocycles. The third-order valence-corrected chi connectivity index (χ3v) is 6.10. The van der Waals surface area contributed by atoms with Crippen molar-refractivity contribution in [2.24, 2.45) is 0 Å². The number of amides is 1. The van der Waals surface area contributed by atoms with Gasteiger partial charge in [0.15, 0.2) is 0 Å². The van der Waals surface area contributed by atoms with E-state index in [1.807, 2.05) is 25.0 Å². The number of furan rings is 1. The van der Waals surface area contributed by atoms with Crippen molar-refractivity contribution in [3.63, 3.8) is 0 Å². The first-order valence-electron chi connectivity index (χ1n) is 10.5. The molecule has 30 heavy (non-hydrogen) atoms. The number of carbonyl (C=O) groups is 1. The van der Waals surface area contributed by atoms with Crippen LogP contribution in [0.5, 0.6) is 5.75 Å². The molecular weight excluding hydrogens is 374 g/mol. The molecule has 0 aliphatic carbocycles. The highest BCUT2D eigenvalue weighted by Gasteiger charge is 2.21. The maximum atomic E-state index is 12.7. The average Bonchev–Trinajstić information content (AvgIpc) is 3.38.